The van der Waals surface area contributed by atoms with E-state index in [-0.39, 0.29) is 16.8 Å². The Balaban J connectivity index is 1.94. The van der Waals surface area contributed by atoms with Gasteiger partial charge in [0.05, 0.1) is 16.8 Å². The zero-order valence-electron chi connectivity index (χ0n) is 17.3. The van der Waals surface area contributed by atoms with Crippen LogP contribution in [-0.4, -0.2) is 23.0 Å². The molecule has 0 saturated carbocycles. The van der Waals surface area contributed by atoms with Crippen LogP contribution in [0.15, 0.2) is 42.0 Å². The Bertz CT molecular complexity index is 1060. The van der Waals surface area contributed by atoms with Gasteiger partial charge < -0.3 is 4.74 Å². The highest BCUT2D eigenvalue weighted by Gasteiger charge is 2.34. The van der Waals surface area contributed by atoms with Crippen molar-refractivity contribution in [3.63, 3.8) is 0 Å². The summed E-state index contributed by atoms with van der Waals surface area (Å²) in [7, 11) is 0. The molecule has 1 atom stereocenters. The lowest BCUT2D eigenvalue weighted by atomic mass is 10.1. The Kier molecular flexibility index (Phi) is 6.58. The van der Waals surface area contributed by atoms with Gasteiger partial charge in [0.2, 0.25) is 0 Å². The van der Waals surface area contributed by atoms with Crippen molar-refractivity contribution in [3.8, 4) is 5.75 Å². The van der Waals surface area contributed by atoms with E-state index >= 15 is 0 Å². The minimum absolute atomic E-state index is 0.0199. The van der Waals surface area contributed by atoms with Gasteiger partial charge in [-0.05, 0) is 86.4 Å². The Morgan fingerprint density at radius 2 is 1.90 bits per heavy atom. The maximum Gasteiger partial charge on any atom is 0.270 e. The molecule has 1 N–H and O–H groups in total. The van der Waals surface area contributed by atoms with Crippen LogP contribution in [0, 0.1) is 13.8 Å². The number of hydrogen-bond acceptors (Lipinski definition) is 4. The summed E-state index contributed by atoms with van der Waals surface area (Å²) in [5.41, 5.74) is 3.32. The third-order valence-corrected chi connectivity index (χ3v) is 5.60. The molecule has 0 spiro atoms. The molecule has 7 heteroatoms. The van der Waals surface area contributed by atoms with Gasteiger partial charge in [-0.3, -0.25) is 19.8 Å². The maximum atomic E-state index is 13.1. The van der Waals surface area contributed by atoms with Crippen molar-refractivity contribution >= 4 is 52.5 Å². The minimum atomic E-state index is -0.541. The van der Waals surface area contributed by atoms with Crippen LogP contribution >= 0.6 is 23.8 Å². The average Bonchev–Trinajstić information content (AvgIpc) is 2.69. The van der Waals surface area contributed by atoms with Crippen molar-refractivity contribution in [2.45, 2.75) is 40.2 Å². The van der Waals surface area contributed by atoms with E-state index < -0.39 is 11.8 Å². The predicted molar refractivity (Wildman–Crippen MR) is 124 cm³/mol. The van der Waals surface area contributed by atoms with Crippen LogP contribution in [0.3, 0.4) is 0 Å². The third-order valence-electron chi connectivity index (χ3n) is 5.02. The summed E-state index contributed by atoms with van der Waals surface area (Å²) in [5, 5.41) is 3.06. The second-order valence-electron chi connectivity index (χ2n) is 7.25. The number of thiocarbonyl (C=S) groups is 1. The Labute approximate surface area is 186 Å². The van der Waals surface area contributed by atoms with Crippen LogP contribution in [0.4, 0.5) is 5.69 Å². The molecule has 1 aliphatic heterocycles. The molecule has 0 bridgehead atoms. The standard InChI is InChI=1S/C23H23ClN2O3S/c1-5-15(4)29-20-9-7-16(12-19(20)24)11-18-21(27)25-23(30)26(22(18)28)17-8-6-13(2)14(3)10-17/h6-12,15H,5H2,1-4H3,(H,25,27,30). The van der Waals surface area contributed by atoms with Crippen molar-refractivity contribution in [3.05, 3.63) is 63.7 Å². The normalized spacial score (nSPS) is 16.6. The summed E-state index contributed by atoms with van der Waals surface area (Å²) in [6, 6.07) is 10.7. The molecular formula is C23H23ClN2O3S. The number of rotatable bonds is 5. The molecule has 1 aliphatic rings. The molecule has 5 nitrogen and oxygen atoms in total. The molecule has 2 amide bonds. The number of nitrogens with zero attached hydrogens (tertiary/aromatic N) is 1. The van der Waals surface area contributed by atoms with Gasteiger partial charge in [0, 0.05) is 0 Å². The van der Waals surface area contributed by atoms with Crippen LogP contribution in [0.2, 0.25) is 5.02 Å². The van der Waals surface area contributed by atoms with Crippen molar-refractivity contribution < 1.29 is 14.3 Å². The van der Waals surface area contributed by atoms with Crippen LogP contribution in [0.5, 0.6) is 5.75 Å². The smallest absolute Gasteiger partial charge is 0.270 e. The number of nitrogens with one attached hydrogen (secondary N) is 1. The SMILES string of the molecule is CCC(C)Oc1ccc(C=C2C(=O)NC(=S)N(c3ccc(C)c(C)c3)C2=O)cc1Cl. The first-order valence-corrected chi connectivity index (χ1v) is 10.4. The molecule has 1 unspecified atom stereocenters. The van der Waals surface area contributed by atoms with Crippen LogP contribution < -0.4 is 15.0 Å². The molecule has 156 valence electrons. The summed E-state index contributed by atoms with van der Waals surface area (Å²) < 4.78 is 5.77. The van der Waals surface area contributed by atoms with Crippen molar-refractivity contribution in [2.75, 3.05) is 4.90 Å². The zero-order chi connectivity index (χ0) is 22.0. The van der Waals surface area contributed by atoms with E-state index in [1.54, 1.807) is 24.3 Å². The number of aryl methyl sites for hydroxylation is 2. The fourth-order valence-corrected chi connectivity index (χ4v) is 3.44. The van der Waals surface area contributed by atoms with Crippen molar-refractivity contribution in [1.82, 2.24) is 5.32 Å². The highest BCUT2D eigenvalue weighted by Crippen LogP contribution is 2.29. The van der Waals surface area contributed by atoms with Gasteiger partial charge in [-0.15, -0.1) is 0 Å². The van der Waals surface area contributed by atoms with Gasteiger partial charge >= 0.3 is 0 Å². The number of carbonyl (C=O) groups is 2. The third kappa shape index (κ3) is 4.55. The number of anilines is 1. The molecule has 1 saturated heterocycles. The largest absolute Gasteiger partial charge is 0.489 e. The Hall–Kier alpha value is -2.70. The predicted octanol–water partition coefficient (Wildman–Crippen LogP) is 4.97. The topological polar surface area (TPSA) is 58.6 Å². The fourth-order valence-electron chi connectivity index (χ4n) is 2.93. The summed E-state index contributed by atoms with van der Waals surface area (Å²) in [6.45, 7) is 7.93. The Morgan fingerprint density at radius 1 is 1.17 bits per heavy atom. The van der Waals surface area contributed by atoms with Gasteiger partial charge in [0.1, 0.15) is 11.3 Å². The quantitative estimate of drug-likeness (QED) is 0.403. The number of benzene rings is 2. The lowest BCUT2D eigenvalue weighted by molar-refractivity contribution is -0.122. The van der Waals surface area contributed by atoms with E-state index in [4.69, 9.17) is 28.6 Å². The molecule has 3 rings (SSSR count). The monoisotopic (exact) mass is 442 g/mol. The highest BCUT2D eigenvalue weighted by atomic mass is 35.5. The van der Waals surface area contributed by atoms with Crippen LogP contribution in [0.1, 0.15) is 37.0 Å². The summed E-state index contributed by atoms with van der Waals surface area (Å²) >= 11 is 11.6. The van der Waals surface area contributed by atoms with E-state index in [0.29, 0.717) is 22.0 Å². The van der Waals surface area contributed by atoms with Crippen LogP contribution in [-0.2, 0) is 9.59 Å². The first-order chi connectivity index (χ1) is 14.2. The maximum absolute atomic E-state index is 13.1. The highest BCUT2D eigenvalue weighted by molar-refractivity contribution is 7.80. The minimum Gasteiger partial charge on any atom is -0.489 e. The van der Waals surface area contributed by atoms with Gasteiger partial charge in [-0.25, -0.2) is 0 Å². The lowest BCUT2D eigenvalue weighted by Crippen LogP contribution is -2.54. The summed E-state index contributed by atoms with van der Waals surface area (Å²) in [4.78, 5) is 26.9. The first-order valence-electron chi connectivity index (χ1n) is 9.66. The fraction of sp³-hybridized carbons (Fsp3) is 0.261. The molecular weight excluding hydrogens is 420 g/mol. The van der Waals surface area contributed by atoms with Gasteiger partial charge in [-0.1, -0.05) is 30.7 Å². The first kappa shape index (κ1) is 22.0. The Morgan fingerprint density at radius 3 is 2.53 bits per heavy atom. The van der Waals surface area contributed by atoms with Crippen molar-refractivity contribution in [2.24, 2.45) is 0 Å². The molecule has 0 radical (unpaired) electrons. The molecule has 0 aliphatic carbocycles. The zero-order valence-corrected chi connectivity index (χ0v) is 18.9. The molecule has 30 heavy (non-hydrogen) atoms. The van der Waals surface area contributed by atoms with Crippen molar-refractivity contribution in [1.29, 1.82) is 0 Å². The number of halogens is 1. The average molecular weight is 443 g/mol. The number of amides is 2. The van der Waals surface area contributed by atoms with E-state index in [1.807, 2.05) is 39.8 Å². The molecule has 2 aromatic carbocycles. The van der Waals surface area contributed by atoms with E-state index in [9.17, 15) is 9.59 Å². The van der Waals surface area contributed by atoms with Crippen LogP contribution in [0.25, 0.3) is 6.08 Å². The van der Waals surface area contributed by atoms with E-state index in [1.165, 1.54) is 11.0 Å². The van der Waals surface area contributed by atoms with E-state index in [2.05, 4.69) is 5.32 Å². The molecule has 2 aromatic rings. The second-order valence-corrected chi connectivity index (χ2v) is 8.05. The molecule has 1 heterocycles. The molecule has 1 fully saturated rings. The molecule has 0 aromatic heterocycles. The van der Waals surface area contributed by atoms with Gasteiger partial charge in [0.25, 0.3) is 11.8 Å². The summed E-state index contributed by atoms with van der Waals surface area (Å²) in [5.74, 6) is -0.463. The van der Waals surface area contributed by atoms with Gasteiger partial charge in [-0.2, -0.15) is 0 Å². The van der Waals surface area contributed by atoms with E-state index in [0.717, 1.165) is 17.5 Å². The summed E-state index contributed by atoms with van der Waals surface area (Å²) in [6.07, 6.45) is 2.39. The second kappa shape index (κ2) is 8.98. The number of hydrogen-bond donors (Lipinski definition) is 1. The number of carbonyl (C=O) groups excluding carboxylic acids is 2. The lowest BCUT2D eigenvalue weighted by Gasteiger charge is -2.29. The number of ether oxygens (including phenoxy) is 1. The van der Waals surface area contributed by atoms with Gasteiger partial charge in [0.15, 0.2) is 5.11 Å².